The first-order chi connectivity index (χ1) is 9.95. The van der Waals surface area contributed by atoms with E-state index in [0.29, 0.717) is 12.1 Å². The van der Waals surface area contributed by atoms with E-state index in [1.807, 2.05) is 32.9 Å². The molecule has 3 rings (SSSR count). The van der Waals surface area contributed by atoms with E-state index in [9.17, 15) is 4.79 Å². The van der Waals surface area contributed by atoms with Gasteiger partial charge in [0.2, 0.25) is 5.91 Å². The van der Waals surface area contributed by atoms with Crippen LogP contribution in [0.25, 0.3) is 0 Å². The standard InChI is InChI=1S/C17H24N2O2/c1-17(2,3)16(20)19-12-4-5-13(19)11-15(10-12)21-14-6-8-18-9-7-14/h6-9,12-13,15H,4-5,10-11H2,1-3H3. The van der Waals surface area contributed by atoms with Crippen molar-refractivity contribution in [3.63, 3.8) is 0 Å². The molecule has 21 heavy (non-hydrogen) atoms. The predicted molar refractivity (Wildman–Crippen MR) is 81.0 cm³/mol. The van der Waals surface area contributed by atoms with Crippen LogP contribution in [-0.4, -0.2) is 34.0 Å². The molecule has 0 spiro atoms. The van der Waals surface area contributed by atoms with Crippen molar-refractivity contribution in [1.82, 2.24) is 9.88 Å². The molecule has 1 aromatic rings. The second-order valence-corrected chi connectivity index (χ2v) is 7.24. The number of hydrogen-bond donors (Lipinski definition) is 0. The molecular weight excluding hydrogens is 264 g/mol. The number of aromatic nitrogens is 1. The van der Waals surface area contributed by atoms with E-state index in [1.54, 1.807) is 12.4 Å². The summed E-state index contributed by atoms with van der Waals surface area (Å²) in [5, 5.41) is 0. The van der Waals surface area contributed by atoms with Crippen molar-refractivity contribution < 1.29 is 9.53 Å². The summed E-state index contributed by atoms with van der Waals surface area (Å²) in [7, 11) is 0. The Morgan fingerprint density at radius 2 is 1.76 bits per heavy atom. The minimum Gasteiger partial charge on any atom is -0.490 e. The molecule has 2 bridgehead atoms. The number of fused-ring (bicyclic) bond motifs is 2. The molecule has 2 aliphatic rings. The van der Waals surface area contributed by atoms with E-state index in [2.05, 4.69) is 9.88 Å². The smallest absolute Gasteiger partial charge is 0.228 e. The molecule has 2 unspecified atom stereocenters. The van der Waals surface area contributed by atoms with Crippen LogP contribution in [-0.2, 0) is 4.79 Å². The average Bonchev–Trinajstić information content (AvgIpc) is 2.69. The summed E-state index contributed by atoms with van der Waals surface area (Å²) >= 11 is 0. The summed E-state index contributed by atoms with van der Waals surface area (Å²) in [5.74, 6) is 1.17. The summed E-state index contributed by atoms with van der Waals surface area (Å²) in [6.07, 6.45) is 7.84. The highest BCUT2D eigenvalue weighted by Gasteiger charge is 2.46. The highest BCUT2D eigenvalue weighted by Crippen LogP contribution is 2.39. The maximum Gasteiger partial charge on any atom is 0.228 e. The van der Waals surface area contributed by atoms with Gasteiger partial charge in [0.15, 0.2) is 0 Å². The molecule has 3 heterocycles. The number of rotatable bonds is 2. The summed E-state index contributed by atoms with van der Waals surface area (Å²) in [6.45, 7) is 6.02. The normalized spacial score (nSPS) is 28.5. The number of piperidine rings is 1. The molecule has 2 saturated heterocycles. The molecule has 2 atom stereocenters. The molecule has 4 heteroatoms. The number of nitrogens with zero attached hydrogens (tertiary/aromatic N) is 2. The largest absolute Gasteiger partial charge is 0.490 e. The van der Waals surface area contributed by atoms with Crippen LogP contribution in [0.1, 0.15) is 46.5 Å². The minimum absolute atomic E-state index is 0.217. The van der Waals surface area contributed by atoms with Crippen LogP contribution < -0.4 is 4.74 Å². The zero-order valence-electron chi connectivity index (χ0n) is 13.1. The van der Waals surface area contributed by atoms with Gasteiger partial charge in [-0.25, -0.2) is 0 Å². The van der Waals surface area contributed by atoms with E-state index < -0.39 is 0 Å². The van der Waals surface area contributed by atoms with Crippen molar-refractivity contribution in [2.45, 2.75) is 64.6 Å². The summed E-state index contributed by atoms with van der Waals surface area (Å²) < 4.78 is 6.07. The Morgan fingerprint density at radius 1 is 1.19 bits per heavy atom. The van der Waals surface area contributed by atoms with Gasteiger partial charge in [-0.3, -0.25) is 9.78 Å². The van der Waals surface area contributed by atoms with Crippen LogP contribution in [0.5, 0.6) is 5.75 Å². The SMILES string of the molecule is CC(C)(C)C(=O)N1C2CCC1CC(Oc1ccncc1)C2. The molecular formula is C17H24N2O2. The minimum atomic E-state index is -0.292. The molecule has 2 fully saturated rings. The first kappa shape index (κ1) is 14.4. The Hall–Kier alpha value is -1.58. The monoisotopic (exact) mass is 288 g/mol. The molecule has 0 saturated carbocycles. The van der Waals surface area contributed by atoms with E-state index in [-0.39, 0.29) is 17.4 Å². The third kappa shape index (κ3) is 2.89. The van der Waals surface area contributed by atoms with Gasteiger partial charge in [0.05, 0.1) is 0 Å². The first-order valence-corrected chi connectivity index (χ1v) is 7.84. The highest BCUT2D eigenvalue weighted by molar-refractivity contribution is 5.82. The van der Waals surface area contributed by atoms with Gasteiger partial charge >= 0.3 is 0 Å². The lowest BCUT2D eigenvalue weighted by atomic mass is 9.90. The third-order valence-electron chi connectivity index (χ3n) is 4.52. The predicted octanol–water partition coefficient (Wildman–Crippen LogP) is 3.03. The molecule has 2 aliphatic heterocycles. The van der Waals surface area contributed by atoms with Gasteiger partial charge in [0.25, 0.3) is 0 Å². The molecule has 1 aromatic heterocycles. The summed E-state index contributed by atoms with van der Waals surface area (Å²) in [6, 6.07) is 4.49. The number of amides is 1. The van der Waals surface area contributed by atoms with Crippen molar-refractivity contribution in [1.29, 1.82) is 0 Å². The van der Waals surface area contributed by atoms with Gasteiger partial charge in [0, 0.05) is 42.7 Å². The van der Waals surface area contributed by atoms with Crippen LogP contribution in [0, 0.1) is 5.41 Å². The summed E-state index contributed by atoms with van der Waals surface area (Å²) in [4.78, 5) is 18.8. The maximum atomic E-state index is 12.6. The van der Waals surface area contributed by atoms with Crippen molar-refractivity contribution in [3.8, 4) is 5.75 Å². The van der Waals surface area contributed by atoms with Crippen molar-refractivity contribution in [2.75, 3.05) is 0 Å². The Bertz CT molecular complexity index is 495. The highest BCUT2D eigenvalue weighted by atomic mass is 16.5. The first-order valence-electron chi connectivity index (χ1n) is 7.84. The molecule has 4 nitrogen and oxygen atoms in total. The Kier molecular flexibility index (Phi) is 3.64. The molecule has 1 amide bonds. The van der Waals surface area contributed by atoms with Crippen molar-refractivity contribution in [3.05, 3.63) is 24.5 Å². The molecule has 0 N–H and O–H groups in total. The van der Waals surface area contributed by atoms with E-state index in [4.69, 9.17) is 4.74 Å². The average molecular weight is 288 g/mol. The quantitative estimate of drug-likeness (QED) is 0.840. The second kappa shape index (κ2) is 5.32. The lowest BCUT2D eigenvalue weighted by Crippen LogP contribution is -2.52. The molecule has 0 aromatic carbocycles. The fourth-order valence-electron chi connectivity index (χ4n) is 3.55. The Labute approximate surface area is 126 Å². The molecule has 0 radical (unpaired) electrons. The van der Waals surface area contributed by atoms with Gasteiger partial charge in [-0.05, 0) is 25.0 Å². The van der Waals surface area contributed by atoms with Gasteiger partial charge in [-0.1, -0.05) is 20.8 Å². The van der Waals surface area contributed by atoms with E-state index in [0.717, 1.165) is 31.4 Å². The fourth-order valence-corrected chi connectivity index (χ4v) is 3.55. The van der Waals surface area contributed by atoms with Crippen LogP contribution in [0.3, 0.4) is 0 Å². The van der Waals surface area contributed by atoms with Crippen LogP contribution in [0.15, 0.2) is 24.5 Å². The lowest BCUT2D eigenvalue weighted by Gasteiger charge is -2.41. The van der Waals surface area contributed by atoms with E-state index in [1.165, 1.54) is 0 Å². The van der Waals surface area contributed by atoms with Gasteiger partial charge < -0.3 is 9.64 Å². The van der Waals surface area contributed by atoms with Gasteiger partial charge in [-0.2, -0.15) is 0 Å². The third-order valence-corrected chi connectivity index (χ3v) is 4.52. The number of carbonyl (C=O) groups excluding carboxylic acids is 1. The van der Waals surface area contributed by atoms with Crippen molar-refractivity contribution >= 4 is 5.91 Å². The fraction of sp³-hybridized carbons (Fsp3) is 0.647. The number of ether oxygens (including phenoxy) is 1. The summed E-state index contributed by atoms with van der Waals surface area (Å²) in [5.41, 5.74) is -0.292. The van der Waals surface area contributed by atoms with Gasteiger partial charge in [-0.15, -0.1) is 0 Å². The van der Waals surface area contributed by atoms with Crippen LogP contribution in [0.4, 0.5) is 0 Å². The van der Waals surface area contributed by atoms with Crippen LogP contribution >= 0.6 is 0 Å². The Balaban J connectivity index is 1.68. The van der Waals surface area contributed by atoms with Gasteiger partial charge in [0.1, 0.15) is 11.9 Å². The molecule has 114 valence electrons. The number of carbonyl (C=O) groups is 1. The van der Waals surface area contributed by atoms with Crippen LogP contribution in [0.2, 0.25) is 0 Å². The number of hydrogen-bond acceptors (Lipinski definition) is 3. The zero-order valence-corrected chi connectivity index (χ0v) is 13.1. The topological polar surface area (TPSA) is 42.4 Å². The van der Waals surface area contributed by atoms with E-state index >= 15 is 0 Å². The Morgan fingerprint density at radius 3 is 2.29 bits per heavy atom. The zero-order chi connectivity index (χ0) is 15.0. The molecule has 0 aliphatic carbocycles. The maximum absolute atomic E-state index is 12.6. The lowest BCUT2D eigenvalue weighted by molar-refractivity contribution is -0.145. The number of pyridine rings is 1. The second-order valence-electron chi connectivity index (χ2n) is 7.24. The van der Waals surface area contributed by atoms with Crippen molar-refractivity contribution in [2.24, 2.45) is 5.41 Å².